The zero-order valence-corrected chi connectivity index (χ0v) is 18.4. The van der Waals surface area contributed by atoms with Crippen molar-refractivity contribution in [3.05, 3.63) is 77.4 Å². The summed E-state index contributed by atoms with van der Waals surface area (Å²) in [6.07, 6.45) is 5.14. The molecule has 1 N–H and O–H groups in total. The molecule has 8 nitrogen and oxygen atoms in total. The summed E-state index contributed by atoms with van der Waals surface area (Å²) in [7, 11) is 0. The van der Waals surface area contributed by atoms with E-state index in [1.165, 1.54) is 13.3 Å². The molecule has 0 radical (unpaired) electrons. The number of anilines is 1. The summed E-state index contributed by atoms with van der Waals surface area (Å²) in [5.74, 6) is 1.41. The van der Waals surface area contributed by atoms with E-state index in [0.717, 1.165) is 30.0 Å². The van der Waals surface area contributed by atoms with E-state index < -0.39 is 0 Å². The Morgan fingerprint density at radius 2 is 1.79 bits per heavy atom. The summed E-state index contributed by atoms with van der Waals surface area (Å²) < 4.78 is 7.08. The molecule has 0 spiro atoms. The van der Waals surface area contributed by atoms with Crippen LogP contribution in [0, 0.1) is 6.92 Å². The number of benzene rings is 2. The van der Waals surface area contributed by atoms with Crippen molar-refractivity contribution >= 4 is 17.4 Å². The number of amides is 1. The Morgan fingerprint density at radius 1 is 1.06 bits per heavy atom. The number of hydrogen-bond donors (Lipinski definition) is 1. The summed E-state index contributed by atoms with van der Waals surface area (Å²) in [6.45, 7) is 3.30. The number of hydrogen-bond acceptors (Lipinski definition) is 6. The van der Waals surface area contributed by atoms with Crippen LogP contribution in [-0.4, -0.2) is 31.6 Å². The molecule has 0 saturated heterocycles. The van der Waals surface area contributed by atoms with E-state index >= 15 is 0 Å². The molecule has 0 aliphatic heterocycles. The average Bonchev–Trinajstić information content (AvgIpc) is 3.40. The number of nitrogens with one attached hydrogen (secondary N) is 1. The fraction of sp³-hybridized carbons (Fsp3) is 0.240. The van der Waals surface area contributed by atoms with Crippen molar-refractivity contribution in [1.29, 1.82) is 0 Å². The number of carbonyl (C=O) groups excluding carboxylic acids is 2. The van der Waals surface area contributed by atoms with Crippen molar-refractivity contribution in [1.82, 2.24) is 19.9 Å². The molecule has 1 aliphatic carbocycles. The first-order valence-corrected chi connectivity index (χ1v) is 10.9. The normalized spacial score (nSPS) is 13.5. The first-order chi connectivity index (χ1) is 16.0. The Hall–Kier alpha value is -4.07. The monoisotopic (exact) mass is 441 g/mol. The van der Waals surface area contributed by atoms with Gasteiger partial charge in [-0.25, -0.2) is 4.68 Å². The minimum atomic E-state index is -0.263. The maximum Gasteiger partial charge on any atom is 0.259 e. The van der Waals surface area contributed by atoms with E-state index in [0.29, 0.717) is 34.3 Å². The Labute approximate surface area is 190 Å². The highest BCUT2D eigenvalue weighted by atomic mass is 16.5. The molecular formula is C25H23N5O3. The molecule has 1 amide bonds. The third-order valence-corrected chi connectivity index (χ3v) is 5.98. The number of nitrogens with zero attached hydrogens (tertiary/aromatic N) is 4. The molecule has 166 valence electrons. The lowest BCUT2D eigenvalue weighted by molar-refractivity contribution is 0.101. The number of aromatic nitrogens is 4. The van der Waals surface area contributed by atoms with Crippen LogP contribution >= 0.6 is 0 Å². The van der Waals surface area contributed by atoms with Crippen LogP contribution in [0.25, 0.3) is 17.1 Å². The molecule has 8 heteroatoms. The summed E-state index contributed by atoms with van der Waals surface area (Å²) in [5.41, 5.74) is 3.97. The first kappa shape index (κ1) is 20.8. The fourth-order valence-electron chi connectivity index (χ4n) is 3.74. The Balaban J connectivity index is 1.30. The first-order valence-electron chi connectivity index (χ1n) is 10.9. The van der Waals surface area contributed by atoms with Gasteiger partial charge in [0.15, 0.2) is 5.78 Å². The lowest BCUT2D eigenvalue weighted by Gasteiger charge is -2.20. The van der Waals surface area contributed by atoms with Gasteiger partial charge in [0, 0.05) is 28.9 Å². The van der Waals surface area contributed by atoms with Crippen molar-refractivity contribution in [2.75, 3.05) is 5.32 Å². The minimum absolute atomic E-state index is 0.0193. The van der Waals surface area contributed by atoms with Gasteiger partial charge < -0.3 is 9.84 Å². The Bertz CT molecular complexity index is 1320. The Morgan fingerprint density at radius 3 is 2.42 bits per heavy atom. The highest BCUT2D eigenvalue weighted by Crippen LogP contribution is 2.36. The van der Waals surface area contributed by atoms with Crippen LogP contribution in [0.15, 0.2) is 59.3 Å². The number of rotatable bonds is 6. The molecule has 0 bridgehead atoms. The third kappa shape index (κ3) is 4.19. The standard InChI is InChI=1S/C25H23N5O3/c1-15-22(24(32)26-20-10-6-17(7-11-20)16(2)31)14-30(28-15)21-12-8-18(9-13-21)23-27-25(33-29-23)19-4-3-5-19/h6-14,19H,3-5H2,1-2H3,(H,26,32). The molecular weight excluding hydrogens is 418 g/mol. The van der Waals surface area contributed by atoms with Gasteiger partial charge in [0.25, 0.3) is 5.91 Å². The second-order valence-electron chi connectivity index (χ2n) is 8.29. The summed E-state index contributed by atoms with van der Waals surface area (Å²) in [5, 5.41) is 11.4. The predicted octanol–water partition coefficient (Wildman–Crippen LogP) is 4.95. The minimum Gasteiger partial charge on any atom is -0.339 e. The SMILES string of the molecule is CC(=O)c1ccc(NC(=O)c2cn(-c3ccc(-c4noc(C5CCC5)n4)cc3)nc2C)cc1. The summed E-state index contributed by atoms with van der Waals surface area (Å²) in [6, 6.07) is 14.4. The van der Waals surface area contributed by atoms with Gasteiger partial charge in [-0.05, 0) is 75.2 Å². The molecule has 2 aromatic heterocycles. The third-order valence-electron chi connectivity index (χ3n) is 5.98. The van der Waals surface area contributed by atoms with Crippen LogP contribution < -0.4 is 5.32 Å². The van der Waals surface area contributed by atoms with Crippen molar-refractivity contribution < 1.29 is 14.1 Å². The molecule has 1 saturated carbocycles. The maximum atomic E-state index is 12.8. The molecule has 33 heavy (non-hydrogen) atoms. The quantitative estimate of drug-likeness (QED) is 0.425. The molecule has 1 aliphatic rings. The molecule has 1 fully saturated rings. The summed E-state index contributed by atoms with van der Waals surface area (Å²) in [4.78, 5) is 28.7. The topological polar surface area (TPSA) is 103 Å². The van der Waals surface area contributed by atoms with E-state index in [4.69, 9.17) is 4.52 Å². The van der Waals surface area contributed by atoms with Crippen molar-refractivity contribution in [3.8, 4) is 17.1 Å². The van der Waals surface area contributed by atoms with Gasteiger partial charge in [-0.15, -0.1) is 0 Å². The van der Waals surface area contributed by atoms with Gasteiger partial charge in [0.2, 0.25) is 11.7 Å². The van der Waals surface area contributed by atoms with E-state index in [1.807, 2.05) is 24.3 Å². The smallest absolute Gasteiger partial charge is 0.259 e. The second-order valence-corrected chi connectivity index (χ2v) is 8.29. The van der Waals surface area contributed by atoms with Gasteiger partial charge in [0.1, 0.15) is 0 Å². The van der Waals surface area contributed by atoms with Gasteiger partial charge in [-0.3, -0.25) is 9.59 Å². The van der Waals surface area contributed by atoms with Gasteiger partial charge in [-0.2, -0.15) is 10.1 Å². The van der Waals surface area contributed by atoms with Crippen molar-refractivity contribution in [2.45, 2.75) is 39.0 Å². The van der Waals surface area contributed by atoms with Gasteiger partial charge >= 0.3 is 0 Å². The van der Waals surface area contributed by atoms with E-state index in [1.54, 1.807) is 42.1 Å². The van der Waals surface area contributed by atoms with Crippen LogP contribution in [0.3, 0.4) is 0 Å². The molecule has 4 aromatic rings. The van der Waals surface area contributed by atoms with E-state index in [9.17, 15) is 9.59 Å². The molecule has 5 rings (SSSR count). The van der Waals surface area contributed by atoms with Crippen LogP contribution in [-0.2, 0) is 0 Å². The molecule has 0 unspecified atom stereocenters. The van der Waals surface area contributed by atoms with Crippen LogP contribution in [0.5, 0.6) is 0 Å². The van der Waals surface area contributed by atoms with Crippen molar-refractivity contribution in [2.24, 2.45) is 0 Å². The van der Waals surface area contributed by atoms with E-state index in [2.05, 4.69) is 20.6 Å². The number of aryl methyl sites for hydroxylation is 1. The molecule has 0 atom stereocenters. The highest BCUT2D eigenvalue weighted by Gasteiger charge is 2.25. The number of ketones is 1. The zero-order valence-electron chi connectivity index (χ0n) is 18.4. The van der Waals surface area contributed by atoms with Crippen LogP contribution in [0.4, 0.5) is 5.69 Å². The highest BCUT2D eigenvalue weighted by molar-refractivity contribution is 6.05. The second kappa shape index (κ2) is 8.46. The van der Waals surface area contributed by atoms with Crippen molar-refractivity contribution in [3.63, 3.8) is 0 Å². The van der Waals surface area contributed by atoms with Gasteiger partial charge in [-0.1, -0.05) is 11.6 Å². The lowest BCUT2D eigenvalue weighted by atomic mass is 9.85. The maximum absolute atomic E-state index is 12.8. The lowest BCUT2D eigenvalue weighted by Crippen LogP contribution is -2.12. The van der Waals surface area contributed by atoms with Crippen LogP contribution in [0.2, 0.25) is 0 Å². The summed E-state index contributed by atoms with van der Waals surface area (Å²) >= 11 is 0. The fourth-order valence-corrected chi connectivity index (χ4v) is 3.74. The zero-order chi connectivity index (χ0) is 22.9. The van der Waals surface area contributed by atoms with E-state index in [-0.39, 0.29) is 11.7 Å². The average molecular weight is 441 g/mol. The number of carbonyl (C=O) groups is 2. The predicted molar refractivity (Wildman–Crippen MR) is 123 cm³/mol. The Kier molecular flexibility index (Phi) is 5.34. The van der Waals surface area contributed by atoms with Crippen LogP contribution in [0.1, 0.15) is 64.4 Å². The largest absolute Gasteiger partial charge is 0.339 e. The number of Topliss-reactive ketones (excluding diaryl/α,β-unsaturated/α-hetero) is 1. The molecule has 2 aromatic carbocycles. The van der Waals surface area contributed by atoms with Gasteiger partial charge in [0.05, 0.1) is 16.9 Å². The molecule has 2 heterocycles.